The number of phenolic OH excluding ortho intramolecular Hbond substituents is 1. The molecule has 1 aliphatic carbocycles. The highest BCUT2D eigenvalue weighted by molar-refractivity contribution is 5.95. The van der Waals surface area contributed by atoms with Gasteiger partial charge >= 0.3 is 5.97 Å². The minimum absolute atomic E-state index is 0.0358. The van der Waals surface area contributed by atoms with Gasteiger partial charge in [-0.25, -0.2) is 4.79 Å². The molecule has 0 aromatic heterocycles. The van der Waals surface area contributed by atoms with E-state index < -0.39 is 5.97 Å². The van der Waals surface area contributed by atoms with Crippen molar-refractivity contribution in [3.8, 4) is 11.5 Å². The molecule has 1 N–H and O–H groups in total. The molecule has 0 atom stereocenters. The summed E-state index contributed by atoms with van der Waals surface area (Å²) in [5.41, 5.74) is 1.91. The molecule has 0 unspecified atom stereocenters. The quantitative estimate of drug-likeness (QED) is 0.829. The molecule has 1 aromatic carbocycles. The van der Waals surface area contributed by atoms with Gasteiger partial charge in [0, 0.05) is 5.56 Å². The summed E-state index contributed by atoms with van der Waals surface area (Å²) in [5.74, 6) is 0.539. The van der Waals surface area contributed by atoms with Crippen LogP contribution < -0.4 is 4.74 Å². The van der Waals surface area contributed by atoms with Gasteiger partial charge in [-0.15, -0.1) is 0 Å². The lowest BCUT2D eigenvalue weighted by Crippen LogP contribution is -2.14. The zero-order valence-corrected chi connectivity index (χ0v) is 13.8. The summed E-state index contributed by atoms with van der Waals surface area (Å²) in [5, 5.41) is 10.7. The van der Waals surface area contributed by atoms with Crippen molar-refractivity contribution in [2.75, 3.05) is 14.2 Å². The molecular formula is C18H26O4. The maximum absolute atomic E-state index is 12.2. The van der Waals surface area contributed by atoms with Crippen molar-refractivity contribution in [3.63, 3.8) is 0 Å². The molecule has 0 radical (unpaired) electrons. The van der Waals surface area contributed by atoms with Crippen LogP contribution in [-0.4, -0.2) is 25.3 Å². The number of methoxy groups -OCH3 is 2. The monoisotopic (exact) mass is 306 g/mol. The van der Waals surface area contributed by atoms with Crippen LogP contribution in [0.25, 0.3) is 0 Å². The van der Waals surface area contributed by atoms with Gasteiger partial charge < -0.3 is 14.6 Å². The van der Waals surface area contributed by atoms with E-state index in [0.717, 1.165) is 37.7 Å². The third kappa shape index (κ3) is 3.21. The molecule has 2 rings (SSSR count). The maximum Gasteiger partial charge on any atom is 0.341 e. The zero-order valence-electron chi connectivity index (χ0n) is 13.8. The Morgan fingerprint density at radius 3 is 2.50 bits per heavy atom. The van der Waals surface area contributed by atoms with E-state index >= 15 is 0 Å². The number of rotatable bonds is 5. The molecule has 0 aliphatic heterocycles. The molecule has 122 valence electrons. The van der Waals surface area contributed by atoms with E-state index in [1.165, 1.54) is 13.5 Å². The average molecular weight is 306 g/mol. The van der Waals surface area contributed by atoms with Crippen LogP contribution in [0.1, 0.15) is 72.9 Å². The Hall–Kier alpha value is -1.71. The fraction of sp³-hybridized carbons (Fsp3) is 0.611. The van der Waals surface area contributed by atoms with Crippen LogP contribution >= 0.6 is 0 Å². The highest BCUT2D eigenvalue weighted by Crippen LogP contribution is 2.42. The summed E-state index contributed by atoms with van der Waals surface area (Å²) in [4.78, 5) is 12.2. The summed E-state index contributed by atoms with van der Waals surface area (Å²) < 4.78 is 10.4. The fourth-order valence-corrected chi connectivity index (χ4v) is 3.43. The van der Waals surface area contributed by atoms with Crippen molar-refractivity contribution < 1.29 is 19.4 Å². The number of esters is 1. The summed E-state index contributed by atoms with van der Waals surface area (Å²) in [6.07, 6.45) is 7.17. The minimum Gasteiger partial charge on any atom is -0.507 e. The van der Waals surface area contributed by atoms with E-state index in [1.54, 1.807) is 7.11 Å². The molecular weight excluding hydrogens is 280 g/mol. The Balaban J connectivity index is 2.58. The zero-order chi connectivity index (χ0) is 16.1. The fourth-order valence-electron chi connectivity index (χ4n) is 3.43. The number of hydrogen-bond donors (Lipinski definition) is 1. The number of phenols is 1. The van der Waals surface area contributed by atoms with Crippen LogP contribution in [0, 0.1) is 0 Å². The van der Waals surface area contributed by atoms with Crippen LogP contribution in [0.5, 0.6) is 11.5 Å². The first-order valence-electron chi connectivity index (χ1n) is 8.15. The molecule has 4 nitrogen and oxygen atoms in total. The molecule has 4 heteroatoms. The molecule has 0 spiro atoms. The second-order valence-corrected chi connectivity index (χ2v) is 5.95. The van der Waals surface area contributed by atoms with Gasteiger partial charge in [-0.1, -0.05) is 32.6 Å². The van der Waals surface area contributed by atoms with Crippen molar-refractivity contribution in [3.05, 3.63) is 22.8 Å². The molecule has 22 heavy (non-hydrogen) atoms. The van der Waals surface area contributed by atoms with Gasteiger partial charge in [-0.05, 0) is 36.8 Å². The van der Waals surface area contributed by atoms with Crippen molar-refractivity contribution in [1.82, 2.24) is 0 Å². The van der Waals surface area contributed by atoms with E-state index in [-0.39, 0.29) is 5.75 Å². The van der Waals surface area contributed by atoms with E-state index in [4.69, 9.17) is 9.47 Å². The largest absolute Gasteiger partial charge is 0.507 e. The molecule has 0 heterocycles. The van der Waals surface area contributed by atoms with Gasteiger partial charge in [-0.2, -0.15) is 0 Å². The first-order valence-corrected chi connectivity index (χ1v) is 8.15. The Bertz CT molecular complexity index is 530. The second-order valence-electron chi connectivity index (χ2n) is 5.95. The molecule has 0 amide bonds. The SMILES string of the molecule is CCCc1c(OC)cc(C2CCCCC2)c(C(=O)OC)c1O. The van der Waals surface area contributed by atoms with E-state index in [0.29, 0.717) is 29.2 Å². The predicted octanol–water partition coefficient (Wildman–Crippen LogP) is 4.19. The molecule has 0 saturated heterocycles. The first kappa shape index (κ1) is 16.7. The lowest BCUT2D eigenvalue weighted by atomic mass is 9.81. The first-order chi connectivity index (χ1) is 10.6. The van der Waals surface area contributed by atoms with Gasteiger partial charge in [0.05, 0.1) is 14.2 Å². The van der Waals surface area contributed by atoms with Crippen molar-refractivity contribution in [2.45, 2.75) is 57.8 Å². The van der Waals surface area contributed by atoms with Gasteiger partial charge in [0.15, 0.2) is 0 Å². The second kappa shape index (κ2) is 7.52. The Kier molecular flexibility index (Phi) is 5.69. The molecule has 1 fully saturated rings. The van der Waals surface area contributed by atoms with Gasteiger partial charge in [0.1, 0.15) is 17.1 Å². The normalized spacial score (nSPS) is 15.6. The third-order valence-electron chi connectivity index (χ3n) is 4.55. The number of carbonyl (C=O) groups is 1. The van der Waals surface area contributed by atoms with Crippen molar-refractivity contribution >= 4 is 5.97 Å². The number of aromatic hydroxyl groups is 1. The van der Waals surface area contributed by atoms with Gasteiger partial charge in [0.2, 0.25) is 0 Å². The molecule has 1 aromatic rings. The van der Waals surface area contributed by atoms with Crippen molar-refractivity contribution in [2.24, 2.45) is 0 Å². The molecule has 1 aliphatic rings. The Morgan fingerprint density at radius 2 is 1.95 bits per heavy atom. The van der Waals surface area contributed by atoms with E-state index in [2.05, 4.69) is 0 Å². The number of hydrogen-bond acceptors (Lipinski definition) is 4. The Morgan fingerprint density at radius 1 is 1.27 bits per heavy atom. The van der Waals surface area contributed by atoms with Gasteiger partial charge in [0.25, 0.3) is 0 Å². The van der Waals surface area contributed by atoms with E-state index in [9.17, 15) is 9.90 Å². The third-order valence-corrected chi connectivity index (χ3v) is 4.55. The molecule has 1 saturated carbocycles. The van der Waals surface area contributed by atoms with Crippen LogP contribution in [0.3, 0.4) is 0 Å². The number of carbonyl (C=O) groups excluding carboxylic acids is 1. The lowest BCUT2D eigenvalue weighted by Gasteiger charge is -2.26. The maximum atomic E-state index is 12.2. The van der Waals surface area contributed by atoms with E-state index in [1.807, 2.05) is 13.0 Å². The predicted molar refractivity (Wildman–Crippen MR) is 85.8 cm³/mol. The van der Waals surface area contributed by atoms with Crippen LogP contribution in [0.15, 0.2) is 6.07 Å². The molecule has 0 bridgehead atoms. The van der Waals surface area contributed by atoms with Crippen molar-refractivity contribution in [1.29, 1.82) is 0 Å². The summed E-state index contributed by atoms with van der Waals surface area (Å²) in [7, 11) is 2.96. The van der Waals surface area contributed by atoms with Crippen LogP contribution in [-0.2, 0) is 11.2 Å². The number of ether oxygens (including phenoxy) is 2. The van der Waals surface area contributed by atoms with Crippen LogP contribution in [0.4, 0.5) is 0 Å². The highest BCUT2D eigenvalue weighted by Gasteiger charge is 2.28. The summed E-state index contributed by atoms with van der Waals surface area (Å²) in [6.45, 7) is 2.03. The Labute approximate surface area is 132 Å². The minimum atomic E-state index is -0.460. The standard InChI is InChI=1S/C18H26O4/c1-4-8-13-15(21-2)11-14(12-9-6-5-7-10-12)16(17(13)19)18(20)22-3/h11-12,19H,4-10H2,1-3H3. The number of benzene rings is 1. The highest BCUT2D eigenvalue weighted by atomic mass is 16.5. The summed E-state index contributed by atoms with van der Waals surface area (Å²) in [6, 6.07) is 1.94. The van der Waals surface area contributed by atoms with Crippen LogP contribution in [0.2, 0.25) is 0 Å². The van der Waals surface area contributed by atoms with Gasteiger partial charge in [-0.3, -0.25) is 0 Å². The smallest absolute Gasteiger partial charge is 0.341 e. The summed E-state index contributed by atoms with van der Waals surface area (Å²) >= 11 is 0. The average Bonchev–Trinajstić information content (AvgIpc) is 2.56. The topological polar surface area (TPSA) is 55.8 Å². The lowest BCUT2D eigenvalue weighted by molar-refractivity contribution is 0.0595.